The van der Waals surface area contributed by atoms with Crippen LogP contribution in [0.1, 0.15) is 20.7 Å². The van der Waals surface area contributed by atoms with Crippen molar-refractivity contribution in [3.05, 3.63) is 110 Å². The predicted molar refractivity (Wildman–Crippen MR) is 122 cm³/mol. The van der Waals surface area contributed by atoms with E-state index in [1.165, 1.54) is 6.07 Å². The van der Waals surface area contributed by atoms with Crippen LogP contribution in [0.5, 0.6) is 0 Å². The second-order valence-corrected chi connectivity index (χ2v) is 7.16. The van der Waals surface area contributed by atoms with E-state index in [0.717, 1.165) is 12.1 Å². The van der Waals surface area contributed by atoms with Gasteiger partial charge in [0.05, 0.1) is 27.2 Å². The Hall–Kier alpha value is -4.99. The average Bonchev–Trinajstić information content (AvgIpc) is 2.86. The largest absolute Gasteiger partial charge is 0.454 e. The van der Waals surface area contributed by atoms with Crippen LogP contribution < -0.4 is 0 Å². The van der Waals surface area contributed by atoms with E-state index in [4.69, 9.17) is 4.74 Å². The van der Waals surface area contributed by atoms with Crippen molar-refractivity contribution < 1.29 is 24.2 Å². The molecule has 1 heterocycles. The van der Waals surface area contributed by atoms with Crippen molar-refractivity contribution in [1.29, 1.82) is 0 Å². The standard InChI is InChI=1S/C24H15N3O7/c28-22(16-9-5-2-6-10-16)14-34-24(29)19-13-20(15-7-3-1-4-8-15)25-23-18(19)11-17(26(30)31)12-21(23)27(32)33/h1-13H,14H2. The predicted octanol–water partition coefficient (Wildman–Crippen LogP) is 4.76. The number of nitrogens with zero attached hydrogens (tertiary/aromatic N) is 3. The highest BCUT2D eigenvalue weighted by Crippen LogP contribution is 2.34. The number of pyridine rings is 1. The van der Waals surface area contributed by atoms with Crippen molar-refractivity contribution >= 4 is 34.0 Å². The first-order valence-electron chi connectivity index (χ1n) is 9.93. The highest BCUT2D eigenvalue weighted by Gasteiger charge is 2.26. The number of ether oxygens (including phenoxy) is 1. The Bertz CT molecular complexity index is 1440. The summed E-state index contributed by atoms with van der Waals surface area (Å²) in [6, 6.07) is 19.9. The molecule has 0 saturated heterocycles. The minimum atomic E-state index is -0.969. The molecule has 1 aromatic heterocycles. The lowest BCUT2D eigenvalue weighted by molar-refractivity contribution is -0.393. The Morgan fingerprint density at radius 2 is 1.50 bits per heavy atom. The lowest BCUT2D eigenvalue weighted by Crippen LogP contribution is -2.15. The third-order valence-corrected chi connectivity index (χ3v) is 5.01. The fourth-order valence-electron chi connectivity index (χ4n) is 3.38. The van der Waals surface area contributed by atoms with Gasteiger partial charge in [0.2, 0.25) is 0 Å². The molecule has 168 valence electrons. The molecule has 0 spiro atoms. The van der Waals surface area contributed by atoms with Crippen molar-refractivity contribution in [3.63, 3.8) is 0 Å². The number of hydrogen-bond donors (Lipinski definition) is 0. The number of benzene rings is 3. The molecule has 0 amide bonds. The van der Waals surface area contributed by atoms with Gasteiger partial charge in [0.25, 0.3) is 5.69 Å². The number of fused-ring (bicyclic) bond motifs is 1. The van der Waals surface area contributed by atoms with E-state index in [2.05, 4.69) is 4.98 Å². The van der Waals surface area contributed by atoms with E-state index in [1.807, 2.05) is 0 Å². The van der Waals surface area contributed by atoms with Crippen LogP contribution in [0.4, 0.5) is 11.4 Å². The molecule has 0 aliphatic rings. The van der Waals surface area contributed by atoms with Gasteiger partial charge >= 0.3 is 11.7 Å². The molecule has 0 N–H and O–H groups in total. The Morgan fingerprint density at radius 3 is 2.12 bits per heavy atom. The van der Waals surface area contributed by atoms with Crippen LogP contribution in [0.2, 0.25) is 0 Å². The van der Waals surface area contributed by atoms with E-state index in [9.17, 15) is 29.8 Å². The number of ketones is 1. The van der Waals surface area contributed by atoms with Crippen molar-refractivity contribution in [2.75, 3.05) is 6.61 Å². The number of aromatic nitrogens is 1. The first kappa shape index (κ1) is 22.2. The summed E-state index contributed by atoms with van der Waals surface area (Å²) in [6.45, 7) is -0.579. The summed E-state index contributed by atoms with van der Waals surface area (Å²) in [5, 5.41) is 22.9. The van der Waals surface area contributed by atoms with E-state index >= 15 is 0 Å². The Kier molecular flexibility index (Phi) is 6.04. The molecule has 4 rings (SSSR count). The first-order valence-corrected chi connectivity index (χ1v) is 9.93. The molecule has 0 unspecified atom stereocenters. The van der Waals surface area contributed by atoms with Gasteiger partial charge in [0.15, 0.2) is 12.4 Å². The third-order valence-electron chi connectivity index (χ3n) is 5.01. The van der Waals surface area contributed by atoms with Gasteiger partial charge in [0, 0.05) is 22.6 Å². The van der Waals surface area contributed by atoms with Gasteiger partial charge in [-0.05, 0) is 6.07 Å². The van der Waals surface area contributed by atoms with E-state index in [1.54, 1.807) is 60.7 Å². The summed E-state index contributed by atoms with van der Waals surface area (Å²) >= 11 is 0. The summed E-state index contributed by atoms with van der Waals surface area (Å²) in [5.74, 6) is -1.42. The van der Waals surface area contributed by atoms with Gasteiger partial charge in [-0.25, -0.2) is 9.78 Å². The molecule has 10 nitrogen and oxygen atoms in total. The van der Waals surface area contributed by atoms with Crippen molar-refractivity contribution in [3.8, 4) is 11.3 Å². The van der Waals surface area contributed by atoms with E-state index in [0.29, 0.717) is 11.1 Å². The van der Waals surface area contributed by atoms with Crippen molar-refractivity contribution in [2.24, 2.45) is 0 Å². The molecule has 0 atom stereocenters. The molecule has 34 heavy (non-hydrogen) atoms. The van der Waals surface area contributed by atoms with Crippen LogP contribution in [0.15, 0.2) is 78.9 Å². The van der Waals surface area contributed by atoms with Crippen LogP contribution in [-0.4, -0.2) is 33.2 Å². The normalized spacial score (nSPS) is 10.6. The maximum Gasteiger partial charge on any atom is 0.339 e. The summed E-state index contributed by atoms with van der Waals surface area (Å²) in [5.41, 5.74) is -0.474. The number of nitro groups is 2. The van der Waals surface area contributed by atoms with Crippen LogP contribution in [0.25, 0.3) is 22.2 Å². The summed E-state index contributed by atoms with van der Waals surface area (Å²) in [7, 11) is 0. The minimum absolute atomic E-state index is 0.127. The lowest BCUT2D eigenvalue weighted by atomic mass is 10.0. The number of non-ortho nitro benzene ring substituents is 2. The zero-order valence-corrected chi connectivity index (χ0v) is 17.4. The smallest absolute Gasteiger partial charge is 0.339 e. The fraction of sp³-hybridized carbons (Fsp3) is 0.0417. The van der Waals surface area contributed by atoms with E-state index < -0.39 is 39.6 Å². The molecule has 0 saturated carbocycles. The molecule has 4 aromatic rings. The maximum atomic E-state index is 13.0. The first-order chi connectivity index (χ1) is 16.3. The summed E-state index contributed by atoms with van der Waals surface area (Å²) in [6.07, 6.45) is 0. The topological polar surface area (TPSA) is 143 Å². The second-order valence-electron chi connectivity index (χ2n) is 7.16. The Labute approximate surface area is 191 Å². The quantitative estimate of drug-likeness (QED) is 0.167. The summed E-state index contributed by atoms with van der Waals surface area (Å²) < 4.78 is 5.19. The lowest BCUT2D eigenvalue weighted by Gasteiger charge is -2.10. The highest BCUT2D eigenvalue weighted by atomic mass is 16.6. The maximum absolute atomic E-state index is 13.0. The number of rotatable bonds is 7. The third kappa shape index (κ3) is 4.46. The molecular weight excluding hydrogens is 442 g/mol. The number of hydrogen-bond acceptors (Lipinski definition) is 8. The number of Topliss-reactive ketones (excluding diaryl/α,β-unsaturated/α-hetero) is 1. The number of carbonyl (C=O) groups is 2. The minimum Gasteiger partial charge on any atom is -0.454 e. The number of esters is 1. The Balaban J connectivity index is 1.84. The molecule has 0 aliphatic carbocycles. The monoisotopic (exact) mass is 457 g/mol. The second kappa shape index (κ2) is 9.25. The SMILES string of the molecule is O=C(COC(=O)c1cc(-c2ccccc2)nc2c([N+](=O)[O-])cc([N+](=O)[O-])cc12)c1ccccc1. The van der Waals surface area contributed by atoms with Gasteiger partial charge in [-0.2, -0.15) is 0 Å². The molecule has 0 aliphatic heterocycles. The zero-order chi connectivity index (χ0) is 24.2. The molecule has 3 aromatic carbocycles. The molecule has 0 fully saturated rings. The fourth-order valence-corrected chi connectivity index (χ4v) is 3.38. The molecule has 0 bridgehead atoms. The highest BCUT2D eigenvalue weighted by molar-refractivity contribution is 6.08. The van der Waals surface area contributed by atoms with E-state index in [-0.39, 0.29) is 22.2 Å². The van der Waals surface area contributed by atoms with Crippen LogP contribution in [-0.2, 0) is 4.74 Å². The van der Waals surface area contributed by atoms with Gasteiger partial charge < -0.3 is 4.74 Å². The summed E-state index contributed by atoms with van der Waals surface area (Å²) in [4.78, 5) is 51.1. The van der Waals surface area contributed by atoms with Crippen LogP contribution in [0, 0.1) is 20.2 Å². The van der Waals surface area contributed by atoms with Gasteiger partial charge in [-0.1, -0.05) is 60.7 Å². The van der Waals surface area contributed by atoms with Gasteiger partial charge in [-0.3, -0.25) is 25.0 Å². The van der Waals surface area contributed by atoms with Gasteiger partial charge in [-0.15, -0.1) is 0 Å². The molecule has 10 heteroatoms. The molecular formula is C24H15N3O7. The van der Waals surface area contributed by atoms with Crippen molar-refractivity contribution in [1.82, 2.24) is 4.98 Å². The zero-order valence-electron chi connectivity index (χ0n) is 17.4. The number of nitro benzene ring substituents is 2. The average molecular weight is 457 g/mol. The van der Waals surface area contributed by atoms with Gasteiger partial charge in [0.1, 0.15) is 5.52 Å². The number of carbonyl (C=O) groups excluding carboxylic acids is 2. The Morgan fingerprint density at radius 1 is 0.853 bits per heavy atom. The molecule has 0 radical (unpaired) electrons. The van der Waals surface area contributed by atoms with Crippen LogP contribution >= 0.6 is 0 Å². The van der Waals surface area contributed by atoms with Crippen molar-refractivity contribution in [2.45, 2.75) is 0 Å². The van der Waals surface area contributed by atoms with Crippen LogP contribution in [0.3, 0.4) is 0 Å².